The van der Waals surface area contributed by atoms with Crippen LogP contribution >= 0.6 is 11.6 Å². The number of amides is 2. The summed E-state index contributed by atoms with van der Waals surface area (Å²) in [6, 6.07) is 12.8. The Morgan fingerprint density at radius 1 is 0.857 bits per heavy atom. The first kappa shape index (κ1) is 18.8. The van der Waals surface area contributed by atoms with Crippen LogP contribution in [0.5, 0.6) is 0 Å². The number of benzene rings is 2. The third-order valence-corrected chi connectivity index (χ3v) is 5.72. The zero-order valence-electron chi connectivity index (χ0n) is 16.2. The number of hydrogen-bond donors (Lipinski definition) is 0. The minimum atomic E-state index is -0.264. The SMILES string of the molecule is Cc1ccc(C2=C(N3CCCCC3)C(=O)N(c3ccc(Cl)cc3)C2=O)c(C)c1. The van der Waals surface area contributed by atoms with Crippen LogP contribution < -0.4 is 4.90 Å². The fourth-order valence-corrected chi connectivity index (χ4v) is 4.22. The van der Waals surface area contributed by atoms with E-state index in [-0.39, 0.29) is 11.8 Å². The summed E-state index contributed by atoms with van der Waals surface area (Å²) >= 11 is 5.99. The Morgan fingerprint density at radius 3 is 2.18 bits per heavy atom. The molecule has 2 heterocycles. The number of nitrogens with zero attached hydrogens (tertiary/aromatic N) is 2. The molecule has 0 unspecified atom stereocenters. The molecule has 1 fully saturated rings. The monoisotopic (exact) mass is 394 g/mol. The number of carbonyl (C=O) groups is 2. The third-order valence-electron chi connectivity index (χ3n) is 5.47. The molecule has 28 heavy (non-hydrogen) atoms. The molecule has 0 atom stereocenters. The van der Waals surface area contributed by atoms with Crippen LogP contribution in [0, 0.1) is 13.8 Å². The van der Waals surface area contributed by atoms with E-state index >= 15 is 0 Å². The summed E-state index contributed by atoms with van der Waals surface area (Å²) in [6.45, 7) is 5.62. The minimum Gasteiger partial charge on any atom is -0.366 e. The second kappa shape index (κ2) is 7.44. The number of piperidine rings is 1. The normalized spacial score (nSPS) is 17.7. The van der Waals surface area contributed by atoms with Crippen molar-refractivity contribution in [2.24, 2.45) is 0 Å². The highest BCUT2D eigenvalue weighted by atomic mass is 35.5. The Hall–Kier alpha value is -2.59. The lowest BCUT2D eigenvalue weighted by atomic mass is 9.97. The molecular weight excluding hydrogens is 372 g/mol. The van der Waals surface area contributed by atoms with E-state index in [1.165, 1.54) is 4.90 Å². The molecular formula is C23H23ClN2O2. The van der Waals surface area contributed by atoms with E-state index in [0.29, 0.717) is 22.0 Å². The number of aryl methyl sites for hydroxylation is 2. The first-order valence-electron chi connectivity index (χ1n) is 9.68. The Labute approximate surface area is 170 Å². The number of halogens is 1. The van der Waals surface area contributed by atoms with Crippen LogP contribution in [0.15, 0.2) is 48.2 Å². The number of rotatable bonds is 3. The lowest BCUT2D eigenvalue weighted by molar-refractivity contribution is -0.120. The summed E-state index contributed by atoms with van der Waals surface area (Å²) in [5, 5.41) is 0.571. The molecule has 144 valence electrons. The Balaban J connectivity index is 1.85. The minimum absolute atomic E-state index is 0.246. The molecule has 0 bridgehead atoms. The number of carbonyl (C=O) groups excluding carboxylic acids is 2. The average Bonchev–Trinajstić information content (AvgIpc) is 2.94. The van der Waals surface area contributed by atoms with Crippen molar-refractivity contribution in [3.05, 3.63) is 69.9 Å². The van der Waals surface area contributed by atoms with Gasteiger partial charge in [-0.15, -0.1) is 0 Å². The Kier molecular flexibility index (Phi) is 4.98. The fraction of sp³-hybridized carbons (Fsp3) is 0.304. The maximum absolute atomic E-state index is 13.5. The maximum Gasteiger partial charge on any atom is 0.282 e. The van der Waals surface area contributed by atoms with Gasteiger partial charge in [-0.2, -0.15) is 0 Å². The molecule has 2 aromatic rings. The van der Waals surface area contributed by atoms with Gasteiger partial charge in [0.2, 0.25) is 0 Å². The zero-order chi connectivity index (χ0) is 19.8. The maximum atomic E-state index is 13.5. The third kappa shape index (κ3) is 3.22. The van der Waals surface area contributed by atoms with Gasteiger partial charge < -0.3 is 4.90 Å². The number of imide groups is 1. The molecule has 4 rings (SSSR count). The summed E-state index contributed by atoms with van der Waals surface area (Å²) < 4.78 is 0. The van der Waals surface area contributed by atoms with E-state index in [1.807, 2.05) is 26.0 Å². The van der Waals surface area contributed by atoms with Crippen molar-refractivity contribution in [3.8, 4) is 0 Å². The highest BCUT2D eigenvalue weighted by Gasteiger charge is 2.43. The van der Waals surface area contributed by atoms with Gasteiger partial charge in [0, 0.05) is 18.1 Å². The van der Waals surface area contributed by atoms with Crippen LogP contribution in [0.1, 0.15) is 36.0 Å². The Bertz CT molecular complexity index is 973. The highest BCUT2D eigenvalue weighted by molar-refractivity contribution is 6.45. The summed E-state index contributed by atoms with van der Waals surface area (Å²) in [4.78, 5) is 30.3. The van der Waals surface area contributed by atoms with Gasteiger partial charge in [0.25, 0.3) is 11.8 Å². The van der Waals surface area contributed by atoms with Crippen molar-refractivity contribution >= 4 is 34.7 Å². The topological polar surface area (TPSA) is 40.6 Å². The molecule has 1 saturated heterocycles. The van der Waals surface area contributed by atoms with Crippen LogP contribution in [0.4, 0.5) is 5.69 Å². The molecule has 0 radical (unpaired) electrons. The lowest BCUT2D eigenvalue weighted by Crippen LogP contribution is -2.37. The van der Waals surface area contributed by atoms with Crippen molar-refractivity contribution < 1.29 is 9.59 Å². The van der Waals surface area contributed by atoms with Gasteiger partial charge in [0.1, 0.15) is 5.70 Å². The van der Waals surface area contributed by atoms with E-state index in [4.69, 9.17) is 11.6 Å². The number of hydrogen-bond acceptors (Lipinski definition) is 3. The van der Waals surface area contributed by atoms with Gasteiger partial charge in [0.05, 0.1) is 11.3 Å². The van der Waals surface area contributed by atoms with Crippen molar-refractivity contribution in [3.63, 3.8) is 0 Å². The van der Waals surface area contributed by atoms with E-state index in [1.54, 1.807) is 24.3 Å². The summed E-state index contributed by atoms with van der Waals surface area (Å²) in [7, 11) is 0. The first-order chi connectivity index (χ1) is 13.5. The molecule has 5 heteroatoms. The second-order valence-electron chi connectivity index (χ2n) is 7.51. The van der Waals surface area contributed by atoms with E-state index in [0.717, 1.165) is 49.0 Å². The molecule has 2 aromatic carbocycles. The number of anilines is 1. The molecule has 0 N–H and O–H groups in total. The second-order valence-corrected chi connectivity index (χ2v) is 7.95. The van der Waals surface area contributed by atoms with Crippen molar-refractivity contribution in [1.29, 1.82) is 0 Å². The zero-order valence-corrected chi connectivity index (χ0v) is 16.9. The standard InChI is InChI=1S/C23H23ClN2O2/c1-15-6-11-19(16(2)14-15)20-21(25-12-4-3-5-13-25)23(28)26(22(20)27)18-9-7-17(24)8-10-18/h6-11,14H,3-5,12-13H2,1-2H3. The van der Waals surface area contributed by atoms with Gasteiger partial charge in [-0.05, 0) is 68.5 Å². The van der Waals surface area contributed by atoms with Crippen LogP contribution in [0.2, 0.25) is 5.02 Å². The fourth-order valence-electron chi connectivity index (χ4n) is 4.09. The summed E-state index contributed by atoms with van der Waals surface area (Å²) in [5.41, 5.74) is 4.57. The van der Waals surface area contributed by atoms with E-state index in [9.17, 15) is 9.59 Å². The molecule has 0 saturated carbocycles. The molecule has 2 aliphatic heterocycles. The summed E-state index contributed by atoms with van der Waals surface area (Å²) in [6.07, 6.45) is 3.23. The Morgan fingerprint density at radius 2 is 1.54 bits per heavy atom. The van der Waals surface area contributed by atoms with Crippen molar-refractivity contribution in [1.82, 2.24) is 4.90 Å². The van der Waals surface area contributed by atoms with Crippen molar-refractivity contribution in [2.75, 3.05) is 18.0 Å². The molecule has 4 nitrogen and oxygen atoms in total. The van der Waals surface area contributed by atoms with Gasteiger partial charge in [0.15, 0.2) is 0 Å². The lowest BCUT2D eigenvalue weighted by Gasteiger charge is -2.29. The van der Waals surface area contributed by atoms with Crippen LogP contribution in [0.3, 0.4) is 0 Å². The smallest absolute Gasteiger partial charge is 0.282 e. The largest absolute Gasteiger partial charge is 0.366 e. The average molecular weight is 395 g/mol. The van der Waals surface area contributed by atoms with Crippen LogP contribution in [-0.4, -0.2) is 29.8 Å². The predicted molar refractivity (Wildman–Crippen MR) is 112 cm³/mol. The van der Waals surface area contributed by atoms with Gasteiger partial charge in [-0.3, -0.25) is 9.59 Å². The van der Waals surface area contributed by atoms with Crippen LogP contribution in [0.25, 0.3) is 5.57 Å². The highest BCUT2D eigenvalue weighted by Crippen LogP contribution is 2.37. The number of likely N-dealkylation sites (tertiary alicyclic amines) is 1. The summed E-state index contributed by atoms with van der Waals surface area (Å²) in [5.74, 6) is -0.510. The molecule has 0 aromatic heterocycles. The van der Waals surface area contributed by atoms with Gasteiger partial charge in [-0.1, -0.05) is 35.4 Å². The molecule has 2 amide bonds. The molecule has 2 aliphatic rings. The molecule has 0 spiro atoms. The van der Waals surface area contributed by atoms with Gasteiger partial charge in [-0.25, -0.2) is 4.90 Å². The van der Waals surface area contributed by atoms with E-state index in [2.05, 4.69) is 11.0 Å². The predicted octanol–water partition coefficient (Wildman–Crippen LogP) is 4.73. The van der Waals surface area contributed by atoms with Gasteiger partial charge >= 0.3 is 0 Å². The van der Waals surface area contributed by atoms with Crippen LogP contribution in [-0.2, 0) is 9.59 Å². The van der Waals surface area contributed by atoms with Crippen molar-refractivity contribution in [2.45, 2.75) is 33.1 Å². The molecule has 0 aliphatic carbocycles. The quantitative estimate of drug-likeness (QED) is 0.707. The first-order valence-corrected chi connectivity index (χ1v) is 10.1. The van der Waals surface area contributed by atoms with E-state index < -0.39 is 0 Å².